The Bertz CT molecular complexity index is 457. The van der Waals surface area contributed by atoms with E-state index in [0.717, 1.165) is 11.5 Å². The smallest absolute Gasteiger partial charge is 0.123 e. The fraction of sp³-hybridized carbons (Fsp3) is 0.625. The Labute approximate surface area is 120 Å². The quantitative estimate of drug-likeness (QED) is 0.763. The number of methoxy groups -OCH3 is 1. The fourth-order valence-corrected chi connectivity index (χ4v) is 2.67. The molecule has 1 aromatic carbocycles. The van der Waals surface area contributed by atoms with E-state index < -0.39 is 0 Å². The summed E-state index contributed by atoms with van der Waals surface area (Å²) in [7, 11) is 1.65. The summed E-state index contributed by atoms with van der Waals surface area (Å²) in [6.07, 6.45) is 4.80. The zero-order valence-corrected chi connectivity index (χ0v) is 12.0. The fourth-order valence-electron chi connectivity index (χ4n) is 2.67. The van der Waals surface area contributed by atoms with E-state index in [9.17, 15) is 5.11 Å². The van der Waals surface area contributed by atoms with Gasteiger partial charge in [0.05, 0.1) is 19.3 Å². The summed E-state index contributed by atoms with van der Waals surface area (Å²) in [4.78, 5) is 0. The van der Waals surface area contributed by atoms with Crippen molar-refractivity contribution < 1.29 is 14.6 Å². The highest BCUT2D eigenvalue weighted by atomic mass is 16.5. The molecule has 2 aliphatic rings. The van der Waals surface area contributed by atoms with E-state index in [1.165, 1.54) is 25.7 Å². The van der Waals surface area contributed by atoms with Gasteiger partial charge in [0.15, 0.2) is 0 Å². The molecule has 0 spiro atoms. The van der Waals surface area contributed by atoms with Crippen molar-refractivity contribution in [2.45, 2.75) is 37.3 Å². The molecule has 0 aliphatic heterocycles. The largest absolute Gasteiger partial charge is 0.497 e. The van der Waals surface area contributed by atoms with E-state index in [1.54, 1.807) is 7.11 Å². The number of ether oxygens (including phenoxy) is 2. The molecule has 2 saturated carbocycles. The van der Waals surface area contributed by atoms with E-state index in [1.807, 2.05) is 24.3 Å². The molecule has 0 radical (unpaired) electrons. The van der Waals surface area contributed by atoms with Crippen LogP contribution >= 0.6 is 0 Å². The molecule has 0 bridgehead atoms. The van der Waals surface area contributed by atoms with Crippen molar-refractivity contribution >= 4 is 0 Å². The number of rotatable bonds is 8. The maximum Gasteiger partial charge on any atom is 0.123 e. The van der Waals surface area contributed by atoms with Crippen LogP contribution in [-0.4, -0.2) is 37.0 Å². The van der Waals surface area contributed by atoms with E-state index in [4.69, 9.17) is 9.47 Å². The highest BCUT2D eigenvalue weighted by Crippen LogP contribution is 2.41. The lowest BCUT2D eigenvalue weighted by Crippen LogP contribution is -2.56. The first-order valence-corrected chi connectivity index (χ1v) is 7.41. The lowest BCUT2D eigenvalue weighted by molar-refractivity contribution is 0.0831. The molecule has 2 fully saturated rings. The van der Waals surface area contributed by atoms with Crippen molar-refractivity contribution in [3.8, 4) is 11.5 Å². The first-order valence-electron chi connectivity index (χ1n) is 7.41. The standard InChI is InChI=1S/C16H23NO3/c1-19-14-3-2-4-15(9-14)20-11-16(10-18,12-5-6-12)17-13-7-8-13/h2-4,9,12-13,17-18H,5-8,10-11H2,1H3. The molecule has 4 nitrogen and oxygen atoms in total. The Morgan fingerprint density at radius 1 is 1.25 bits per heavy atom. The average molecular weight is 277 g/mol. The molecule has 2 N–H and O–H groups in total. The predicted octanol–water partition coefficient (Wildman–Crippen LogP) is 1.97. The van der Waals surface area contributed by atoms with Crippen LogP contribution in [0.5, 0.6) is 11.5 Å². The summed E-state index contributed by atoms with van der Waals surface area (Å²) < 4.78 is 11.1. The topological polar surface area (TPSA) is 50.7 Å². The van der Waals surface area contributed by atoms with Crippen LogP contribution in [0, 0.1) is 5.92 Å². The van der Waals surface area contributed by atoms with E-state index >= 15 is 0 Å². The van der Waals surface area contributed by atoms with Crippen LogP contribution in [0.2, 0.25) is 0 Å². The van der Waals surface area contributed by atoms with E-state index in [-0.39, 0.29) is 12.1 Å². The highest BCUT2D eigenvalue weighted by molar-refractivity contribution is 5.33. The number of hydrogen-bond donors (Lipinski definition) is 2. The molecule has 1 atom stereocenters. The summed E-state index contributed by atoms with van der Waals surface area (Å²) in [5.74, 6) is 2.12. The summed E-state index contributed by atoms with van der Waals surface area (Å²) >= 11 is 0. The van der Waals surface area contributed by atoms with Crippen LogP contribution in [0.1, 0.15) is 25.7 Å². The monoisotopic (exact) mass is 277 g/mol. The van der Waals surface area contributed by atoms with Crippen LogP contribution in [0.4, 0.5) is 0 Å². The number of aliphatic hydroxyl groups is 1. The van der Waals surface area contributed by atoms with Gasteiger partial charge in [-0.25, -0.2) is 0 Å². The maximum absolute atomic E-state index is 9.88. The summed E-state index contributed by atoms with van der Waals surface area (Å²) in [6.45, 7) is 0.649. The van der Waals surface area contributed by atoms with Gasteiger partial charge in [-0.1, -0.05) is 6.07 Å². The molecule has 4 heteroatoms. The van der Waals surface area contributed by atoms with Crippen LogP contribution < -0.4 is 14.8 Å². The van der Waals surface area contributed by atoms with Crippen LogP contribution in [0.25, 0.3) is 0 Å². The normalized spacial score (nSPS) is 21.3. The van der Waals surface area contributed by atoms with Gasteiger partial charge in [-0.05, 0) is 43.7 Å². The lowest BCUT2D eigenvalue weighted by Gasteiger charge is -2.33. The molecule has 3 rings (SSSR count). The van der Waals surface area contributed by atoms with Gasteiger partial charge in [-0.2, -0.15) is 0 Å². The number of hydrogen-bond acceptors (Lipinski definition) is 4. The molecule has 1 unspecified atom stereocenters. The predicted molar refractivity (Wildman–Crippen MR) is 77.2 cm³/mol. The Morgan fingerprint density at radius 3 is 2.60 bits per heavy atom. The molecule has 0 aromatic heterocycles. The molecule has 0 saturated heterocycles. The highest BCUT2D eigenvalue weighted by Gasteiger charge is 2.48. The average Bonchev–Trinajstić information content (AvgIpc) is 3.37. The number of aliphatic hydroxyl groups excluding tert-OH is 1. The molecule has 110 valence electrons. The van der Waals surface area contributed by atoms with Crippen molar-refractivity contribution in [2.75, 3.05) is 20.3 Å². The zero-order valence-electron chi connectivity index (χ0n) is 12.0. The van der Waals surface area contributed by atoms with Crippen LogP contribution in [0.15, 0.2) is 24.3 Å². The van der Waals surface area contributed by atoms with Gasteiger partial charge in [0.25, 0.3) is 0 Å². The van der Waals surface area contributed by atoms with Gasteiger partial charge < -0.3 is 19.9 Å². The maximum atomic E-state index is 9.88. The number of nitrogens with one attached hydrogen (secondary N) is 1. The molecular weight excluding hydrogens is 254 g/mol. The Hall–Kier alpha value is -1.26. The third kappa shape index (κ3) is 3.07. The summed E-state index contributed by atoms with van der Waals surface area (Å²) in [6, 6.07) is 8.19. The SMILES string of the molecule is COc1cccc(OCC(CO)(NC2CC2)C2CC2)c1. The van der Waals surface area contributed by atoms with E-state index in [2.05, 4.69) is 5.32 Å². The van der Waals surface area contributed by atoms with Gasteiger partial charge in [0, 0.05) is 12.1 Å². The molecule has 0 heterocycles. The lowest BCUT2D eigenvalue weighted by atomic mass is 9.95. The van der Waals surface area contributed by atoms with Crippen molar-refractivity contribution in [2.24, 2.45) is 5.92 Å². The van der Waals surface area contributed by atoms with Gasteiger partial charge >= 0.3 is 0 Å². The van der Waals surface area contributed by atoms with Gasteiger partial charge in [0.1, 0.15) is 18.1 Å². The van der Waals surface area contributed by atoms with Gasteiger partial charge in [-0.15, -0.1) is 0 Å². The number of benzene rings is 1. The minimum absolute atomic E-state index is 0.137. The summed E-state index contributed by atoms with van der Waals surface area (Å²) in [5.41, 5.74) is -0.274. The molecular formula is C16H23NO3. The zero-order chi connectivity index (χ0) is 14.0. The van der Waals surface area contributed by atoms with Crippen LogP contribution in [-0.2, 0) is 0 Å². The van der Waals surface area contributed by atoms with Crippen molar-refractivity contribution in [3.05, 3.63) is 24.3 Å². The first-order chi connectivity index (χ1) is 9.75. The summed E-state index contributed by atoms with van der Waals surface area (Å²) in [5, 5.41) is 13.5. The second kappa shape index (κ2) is 5.62. The van der Waals surface area contributed by atoms with Gasteiger partial charge in [-0.3, -0.25) is 0 Å². The second-order valence-corrected chi connectivity index (χ2v) is 5.97. The Balaban J connectivity index is 1.66. The van der Waals surface area contributed by atoms with Crippen molar-refractivity contribution in [1.82, 2.24) is 5.32 Å². The van der Waals surface area contributed by atoms with Crippen molar-refractivity contribution in [3.63, 3.8) is 0 Å². The van der Waals surface area contributed by atoms with E-state index in [0.29, 0.717) is 18.6 Å². The Kier molecular flexibility index (Phi) is 3.85. The molecule has 1 aromatic rings. The molecule has 20 heavy (non-hydrogen) atoms. The first kappa shape index (κ1) is 13.7. The molecule has 0 amide bonds. The Morgan fingerprint density at radius 2 is 2.00 bits per heavy atom. The minimum atomic E-state index is -0.274. The van der Waals surface area contributed by atoms with Crippen molar-refractivity contribution in [1.29, 1.82) is 0 Å². The third-order valence-electron chi connectivity index (χ3n) is 4.25. The third-order valence-corrected chi connectivity index (χ3v) is 4.25. The minimum Gasteiger partial charge on any atom is -0.497 e. The van der Waals surface area contributed by atoms with Crippen LogP contribution in [0.3, 0.4) is 0 Å². The van der Waals surface area contributed by atoms with Gasteiger partial charge in [0.2, 0.25) is 0 Å². The second-order valence-electron chi connectivity index (χ2n) is 5.97. The molecule has 2 aliphatic carbocycles.